The summed E-state index contributed by atoms with van der Waals surface area (Å²) in [5.74, 6) is 2.49. The normalized spacial score (nSPS) is 42.7. The molecule has 4 rings (SSSR count). The number of aliphatic hydroxyl groups excluding tert-OH is 1. The standard InChI is InChI=1S/C18H24O2/c1-18-9-8-14-13-5-3-12(19)10-11(13)2-4-15(14)16(18)6-7-17(18)20/h3,5,10,14-17,19-20H,2,4,6-9H2,1H3/t14-,15-,16+,17?,18+/m1/s1. The summed E-state index contributed by atoms with van der Waals surface area (Å²) in [6, 6.07) is 5.96. The predicted octanol–water partition coefficient (Wildman–Crippen LogP) is 3.61. The van der Waals surface area contributed by atoms with Crippen LogP contribution in [-0.2, 0) is 6.42 Å². The minimum absolute atomic E-state index is 0.0883. The molecule has 3 aliphatic rings. The third-order valence-corrected chi connectivity index (χ3v) is 6.66. The van der Waals surface area contributed by atoms with Crippen molar-refractivity contribution in [3.05, 3.63) is 29.3 Å². The van der Waals surface area contributed by atoms with Crippen LogP contribution in [0.4, 0.5) is 0 Å². The Morgan fingerprint density at radius 2 is 2.00 bits per heavy atom. The predicted molar refractivity (Wildman–Crippen MR) is 78.7 cm³/mol. The highest BCUT2D eigenvalue weighted by molar-refractivity contribution is 5.40. The molecule has 2 saturated carbocycles. The zero-order valence-corrected chi connectivity index (χ0v) is 12.2. The van der Waals surface area contributed by atoms with Crippen molar-refractivity contribution in [1.29, 1.82) is 0 Å². The molecule has 2 N–H and O–H groups in total. The van der Waals surface area contributed by atoms with Gasteiger partial charge in [0, 0.05) is 0 Å². The number of aryl methyl sites for hydroxylation is 1. The molecule has 108 valence electrons. The molecule has 0 spiro atoms. The van der Waals surface area contributed by atoms with E-state index in [-0.39, 0.29) is 11.5 Å². The van der Waals surface area contributed by atoms with Crippen LogP contribution in [0.5, 0.6) is 5.75 Å². The van der Waals surface area contributed by atoms with Crippen molar-refractivity contribution in [3.63, 3.8) is 0 Å². The first-order valence-electron chi connectivity index (χ1n) is 8.09. The topological polar surface area (TPSA) is 40.5 Å². The van der Waals surface area contributed by atoms with Crippen molar-refractivity contribution in [3.8, 4) is 5.75 Å². The Hall–Kier alpha value is -1.02. The molecule has 1 aromatic carbocycles. The van der Waals surface area contributed by atoms with Crippen LogP contribution in [0, 0.1) is 17.3 Å². The molecule has 3 aliphatic carbocycles. The van der Waals surface area contributed by atoms with Crippen molar-refractivity contribution >= 4 is 0 Å². The molecule has 1 unspecified atom stereocenters. The molecule has 0 bridgehead atoms. The van der Waals surface area contributed by atoms with Crippen LogP contribution in [0.1, 0.15) is 56.1 Å². The monoisotopic (exact) mass is 272 g/mol. The number of hydrogen-bond acceptors (Lipinski definition) is 2. The van der Waals surface area contributed by atoms with Crippen molar-refractivity contribution < 1.29 is 10.2 Å². The Labute approximate surface area is 120 Å². The molecule has 5 atom stereocenters. The fourth-order valence-corrected chi connectivity index (χ4v) is 5.54. The fourth-order valence-electron chi connectivity index (χ4n) is 5.54. The second-order valence-electron chi connectivity index (χ2n) is 7.44. The maximum atomic E-state index is 10.4. The molecule has 20 heavy (non-hydrogen) atoms. The minimum atomic E-state index is -0.0883. The lowest BCUT2D eigenvalue weighted by atomic mass is 9.55. The Balaban J connectivity index is 1.71. The average molecular weight is 272 g/mol. The second kappa shape index (κ2) is 4.24. The molecular weight excluding hydrogens is 248 g/mol. The summed E-state index contributed by atoms with van der Waals surface area (Å²) in [7, 11) is 0. The zero-order valence-electron chi connectivity index (χ0n) is 12.2. The van der Waals surface area contributed by atoms with E-state index in [1.165, 1.54) is 30.4 Å². The molecule has 0 radical (unpaired) electrons. The van der Waals surface area contributed by atoms with E-state index in [2.05, 4.69) is 13.0 Å². The minimum Gasteiger partial charge on any atom is -0.508 e. The number of aliphatic hydroxyl groups is 1. The van der Waals surface area contributed by atoms with Gasteiger partial charge in [-0.3, -0.25) is 0 Å². The molecule has 2 nitrogen and oxygen atoms in total. The van der Waals surface area contributed by atoms with Crippen molar-refractivity contribution in [2.24, 2.45) is 17.3 Å². The SMILES string of the molecule is C[C@]12CC[C@@H]3c4ccc(O)cc4CC[C@H]3[C@@H]1CCC2O. The third kappa shape index (κ3) is 1.60. The number of rotatable bonds is 0. The van der Waals surface area contributed by atoms with Gasteiger partial charge in [-0.2, -0.15) is 0 Å². The van der Waals surface area contributed by atoms with E-state index < -0.39 is 0 Å². The third-order valence-electron chi connectivity index (χ3n) is 6.66. The van der Waals surface area contributed by atoms with Gasteiger partial charge >= 0.3 is 0 Å². The summed E-state index contributed by atoms with van der Waals surface area (Å²) >= 11 is 0. The van der Waals surface area contributed by atoms with Gasteiger partial charge < -0.3 is 10.2 Å². The van der Waals surface area contributed by atoms with Crippen LogP contribution in [0.25, 0.3) is 0 Å². The second-order valence-corrected chi connectivity index (χ2v) is 7.44. The molecule has 0 saturated heterocycles. The van der Waals surface area contributed by atoms with Crippen LogP contribution in [0.3, 0.4) is 0 Å². The Kier molecular flexibility index (Phi) is 2.69. The van der Waals surface area contributed by atoms with Crippen LogP contribution in [0.2, 0.25) is 0 Å². The number of fused-ring (bicyclic) bond motifs is 5. The average Bonchev–Trinajstić information content (AvgIpc) is 2.74. The van der Waals surface area contributed by atoms with Gasteiger partial charge in [0.1, 0.15) is 5.75 Å². The van der Waals surface area contributed by atoms with Gasteiger partial charge in [-0.25, -0.2) is 0 Å². The van der Waals surface area contributed by atoms with Gasteiger partial charge in [-0.05, 0) is 85.0 Å². The van der Waals surface area contributed by atoms with Crippen LogP contribution in [-0.4, -0.2) is 16.3 Å². The fraction of sp³-hybridized carbons (Fsp3) is 0.667. The summed E-state index contributed by atoms with van der Waals surface area (Å²) < 4.78 is 0. The van der Waals surface area contributed by atoms with Gasteiger partial charge in [-0.15, -0.1) is 0 Å². The summed E-state index contributed by atoms with van der Waals surface area (Å²) in [4.78, 5) is 0. The summed E-state index contributed by atoms with van der Waals surface area (Å²) in [5.41, 5.74) is 2.99. The van der Waals surface area contributed by atoms with Gasteiger partial charge in [0.05, 0.1) is 6.10 Å². The lowest BCUT2D eigenvalue weighted by Crippen LogP contribution is -2.43. The highest BCUT2D eigenvalue weighted by Crippen LogP contribution is 2.60. The molecule has 1 aromatic rings. The van der Waals surface area contributed by atoms with Gasteiger partial charge in [0.15, 0.2) is 0 Å². The number of benzene rings is 1. The molecule has 2 fully saturated rings. The summed E-state index contributed by atoms with van der Waals surface area (Å²) in [6.45, 7) is 2.32. The number of phenols is 1. The molecule has 0 aliphatic heterocycles. The van der Waals surface area contributed by atoms with Crippen molar-refractivity contribution in [2.75, 3.05) is 0 Å². The zero-order chi connectivity index (χ0) is 13.9. The first-order chi connectivity index (χ1) is 9.59. The number of aromatic hydroxyl groups is 1. The first kappa shape index (κ1) is 12.7. The van der Waals surface area contributed by atoms with E-state index in [0.29, 0.717) is 17.6 Å². The highest BCUT2D eigenvalue weighted by atomic mass is 16.3. The Morgan fingerprint density at radius 3 is 2.85 bits per heavy atom. The van der Waals surface area contributed by atoms with E-state index >= 15 is 0 Å². The van der Waals surface area contributed by atoms with Gasteiger partial charge in [-0.1, -0.05) is 13.0 Å². The van der Waals surface area contributed by atoms with Gasteiger partial charge in [0.2, 0.25) is 0 Å². The summed E-state index contributed by atoms with van der Waals surface area (Å²) in [6.07, 6.45) is 6.78. The van der Waals surface area contributed by atoms with E-state index in [9.17, 15) is 10.2 Å². The number of phenolic OH excluding ortho intramolecular Hbond substituents is 1. The number of hydrogen-bond donors (Lipinski definition) is 2. The van der Waals surface area contributed by atoms with E-state index in [0.717, 1.165) is 25.2 Å². The lowest BCUT2D eigenvalue weighted by Gasteiger charge is -2.50. The first-order valence-corrected chi connectivity index (χ1v) is 8.09. The molecule has 0 amide bonds. The van der Waals surface area contributed by atoms with E-state index in [1.54, 1.807) is 0 Å². The van der Waals surface area contributed by atoms with Crippen LogP contribution >= 0.6 is 0 Å². The molecular formula is C18H24O2. The van der Waals surface area contributed by atoms with Gasteiger partial charge in [0.25, 0.3) is 0 Å². The maximum Gasteiger partial charge on any atom is 0.115 e. The molecule has 2 heteroatoms. The smallest absolute Gasteiger partial charge is 0.115 e. The summed E-state index contributed by atoms with van der Waals surface area (Å²) in [5, 5.41) is 20.0. The lowest BCUT2D eigenvalue weighted by molar-refractivity contribution is -0.0226. The molecule has 0 aromatic heterocycles. The van der Waals surface area contributed by atoms with Crippen molar-refractivity contribution in [2.45, 2.75) is 57.5 Å². The largest absolute Gasteiger partial charge is 0.508 e. The van der Waals surface area contributed by atoms with Crippen LogP contribution in [0.15, 0.2) is 18.2 Å². The van der Waals surface area contributed by atoms with E-state index in [1.807, 2.05) is 12.1 Å². The van der Waals surface area contributed by atoms with E-state index in [4.69, 9.17) is 0 Å². The maximum absolute atomic E-state index is 10.4. The Bertz CT molecular complexity index is 538. The molecule has 0 heterocycles. The van der Waals surface area contributed by atoms with Crippen molar-refractivity contribution in [1.82, 2.24) is 0 Å². The quantitative estimate of drug-likeness (QED) is 0.757. The highest BCUT2D eigenvalue weighted by Gasteiger charge is 2.54. The Morgan fingerprint density at radius 1 is 1.15 bits per heavy atom. The van der Waals surface area contributed by atoms with Crippen LogP contribution < -0.4 is 0 Å².